The molecule has 0 fully saturated rings. The Balaban J connectivity index is 2.85. The number of anilines is 1. The summed E-state index contributed by atoms with van der Waals surface area (Å²) >= 11 is 0.262. The monoisotopic (exact) mass is 255 g/mol. The van der Waals surface area contributed by atoms with Gasteiger partial charge in [-0.3, -0.25) is 0 Å². The quantitative estimate of drug-likeness (QED) is 0.861. The molecule has 0 atom stereocenters. The SMILES string of the molecule is CC(C)(Nc1nnc(C(F)(F)F)s1)C(=O)O. The largest absolute Gasteiger partial charge is 0.480 e. The van der Waals surface area contributed by atoms with E-state index in [-0.39, 0.29) is 16.5 Å². The van der Waals surface area contributed by atoms with Gasteiger partial charge < -0.3 is 10.4 Å². The fraction of sp³-hybridized carbons (Fsp3) is 0.571. The first-order chi connectivity index (χ1) is 7.13. The summed E-state index contributed by atoms with van der Waals surface area (Å²) in [5.41, 5.74) is -1.40. The van der Waals surface area contributed by atoms with Crippen molar-refractivity contribution in [3.05, 3.63) is 5.01 Å². The number of aliphatic carboxylic acids is 1. The third-order valence-corrected chi connectivity index (χ3v) is 2.51. The number of aromatic nitrogens is 2. The molecule has 5 nitrogen and oxygen atoms in total. The molecule has 0 aliphatic rings. The number of halogens is 3. The molecule has 16 heavy (non-hydrogen) atoms. The second kappa shape index (κ2) is 3.89. The highest BCUT2D eigenvalue weighted by atomic mass is 32.1. The molecule has 0 saturated heterocycles. The molecular formula is C7H8F3N3O2S. The normalized spacial score (nSPS) is 12.6. The molecule has 90 valence electrons. The third kappa shape index (κ3) is 2.81. The molecule has 2 N–H and O–H groups in total. The number of carbonyl (C=O) groups is 1. The highest BCUT2D eigenvalue weighted by molar-refractivity contribution is 7.15. The van der Waals surface area contributed by atoms with Gasteiger partial charge in [0.15, 0.2) is 0 Å². The van der Waals surface area contributed by atoms with Gasteiger partial charge in [0.2, 0.25) is 10.1 Å². The van der Waals surface area contributed by atoms with Crippen LogP contribution in [0.2, 0.25) is 0 Å². The van der Waals surface area contributed by atoms with Gasteiger partial charge in [-0.25, -0.2) is 4.79 Å². The van der Waals surface area contributed by atoms with E-state index in [0.29, 0.717) is 0 Å². The van der Waals surface area contributed by atoms with Crippen molar-refractivity contribution in [2.24, 2.45) is 0 Å². The highest BCUT2D eigenvalue weighted by Crippen LogP contribution is 2.33. The lowest BCUT2D eigenvalue weighted by molar-refractivity contribution is -0.141. The van der Waals surface area contributed by atoms with E-state index in [4.69, 9.17) is 5.11 Å². The van der Waals surface area contributed by atoms with Gasteiger partial charge in [0.05, 0.1) is 0 Å². The van der Waals surface area contributed by atoms with Crippen LogP contribution in [0.3, 0.4) is 0 Å². The molecule has 1 heterocycles. The van der Waals surface area contributed by atoms with Crippen LogP contribution in [0.5, 0.6) is 0 Å². The number of carboxylic acid groups (broad SMARTS) is 1. The van der Waals surface area contributed by atoms with Crippen molar-refractivity contribution in [3.8, 4) is 0 Å². The van der Waals surface area contributed by atoms with E-state index in [9.17, 15) is 18.0 Å². The molecule has 0 aliphatic heterocycles. The summed E-state index contributed by atoms with van der Waals surface area (Å²) in [6.07, 6.45) is -4.56. The number of nitrogens with zero attached hydrogens (tertiary/aromatic N) is 2. The first-order valence-electron chi connectivity index (χ1n) is 4.05. The smallest absolute Gasteiger partial charge is 0.445 e. The molecule has 1 rings (SSSR count). The second-order valence-corrected chi connectivity index (χ2v) is 4.44. The number of hydrogen-bond acceptors (Lipinski definition) is 5. The van der Waals surface area contributed by atoms with Crippen LogP contribution >= 0.6 is 11.3 Å². The van der Waals surface area contributed by atoms with Gasteiger partial charge in [-0.15, -0.1) is 10.2 Å². The van der Waals surface area contributed by atoms with E-state index in [0.717, 1.165) is 0 Å². The number of rotatable bonds is 3. The molecule has 0 aliphatic carbocycles. The molecule has 0 unspecified atom stereocenters. The Morgan fingerprint density at radius 2 is 1.94 bits per heavy atom. The molecule has 0 radical (unpaired) electrons. The Bertz CT molecular complexity index is 402. The zero-order chi connectivity index (χ0) is 12.6. The Morgan fingerprint density at radius 1 is 1.38 bits per heavy atom. The van der Waals surface area contributed by atoms with Crippen LogP contribution in [0.1, 0.15) is 18.9 Å². The van der Waals surface area contributed by atoms with Crippen LogP contribution in [0.25, 0.3) is 0 Å². The van der Waals surface area contributed by atoms with E-state index in [2.05, 4.69) is 15.5 Å². The summed E-state index contributed by atoms with van der Waals surface area (Å²) in [6.45, 7) is 2.62. The van der Waals surface area contributed by atoms with E-state index in [1.165, 1.54) is 13.8 Å². The standard InChI is InChI=1S/C7H8F3N3O2S/c1-6(2,4(14)15)11-5-13-12-3(16-5)7(8,9)10/h1-2H3,(H,11,13)(H,14,15). The van der Waals surface area contributed by atoms with Crippen molar-refractivity contribution in [3.63, 3.8) is 0 Å². The van der Waals surface area contributed by atoms with E-state index in [1.54, 1.807) is 0 Å². The van der Waals surface area contributed by atoms with Gasteiger partial charge in [-0.05, 0) is 13.8 Å². The van der Waals surface area contributed by atoms with Crippen molar-refractivity contribution in [2.75, 3.05) is 5.32 Å². The average Bonchev–Trinajstić information content (AvgIpc) is 2.50. The van der Waals surface area contributed by atoms with Crippen LogP contribution in [0, 0.1) is 0 Å². The molecular weight excluding hydrogens is 247 g/mol. The summed E-state index contributed by atoms with van der Waals surface area (Å²) in [4.78, 5) is 10.7. The van der Waals surface area contributed by atoms with Crippen LogP contribution < -0.4 is 5.32 Å². The van der Waals surface area contributed by atoms with E-state index >= 15 is 0 Å². The maximum absolute atomic E-state index is 12.2. The van der Waals surface area contributed by atoms with Gasteiger partial charge in [0.25, 0.3) is 0 Å². The van der Waals surface area contributed by atoms with Crippen molar-refractivity contribution >= 4 is 22.4 Å². The van der Waals surface area contributed by atoms with E-state index in [1.807, 2.05) is 0 Å². The Labute approximate surface area is 92.3 Å². The molecule has 0 saturated carbocycles. The maximum Gasteiger partial charge on any atom is 0.445 e. The Kier molecular flexibility index (Phi) is 3.08. The van der Waals surface area contributed by atoms with Crippen LogP contribution in [-0.2, 0) is 11.0 Å². The van der Waals surface area contributed by atoms with Crippen LogP contribution in [-0.4, -0.2) is 26.8 Å². The Hall–Kier alpha value is -1.38. The zero-order valence-corrected chi connectivity index (χ0v) is 9.11. The molecule has 0 aromatic carbocycles. The number of nitrogens with one attached hydrogen (secondary N) is 1. The summed E-state index contributed by atoms with van der Waals surface area (Å²) in [7, 11) is 0. The number of carboxylic acids is 1. The van der Waals surface area contributed by atoms with Crippen LogP contribution in [0.4, 0.5) is 18.3 Å². The fourth-order valence-electron chi connectivity index (χ4n) is 0.709. The van der Waals surface area contributed by atoms with Gasteiger partial charge in [0, 0.05) is 0 Å². The number of alkyl halides is 3. The average molecular weight is 255 g/mol. The lowest BCUT2D eigenvalue weighted by Gasteiger charge is -2.19. The van der Waals surface area contributed by atoms with Gasteiger partial charge in [0.1, 0.15) is 5.54 Å². The molecule has 9 heteroatoms. The predicted octanol–water partition coefficient (Wildman–Crippen LogP) is 1.83. The molecule has 0 amide bonds. The molecule has 1 aromatic rings. The van der Waals surface area contributed by atoms with Crippen molar-refractivity contribution in [1.29, 1.82) is 0 Å². The molecule has 0 bridgehead atoms. The molecule has 0 spiro atoms. The van der Waals surface area contributed by atoms with Crippen LogP contribution in [0.15, 0.2) is 0 Å². The minimum atomic E-state index is -4.56. The minimum absolute atomic E-state index is 0.181. The molecule has 1 aromatic heterocycles. The van der Waals surface area contributed by atoms with Gasteiger partial charge in [-0.2, -0.15) is 13.2 Å². The lowest BCUT2D eigenvalue weighted by Crippen LogP contribution is -2.39. The van der Waals surface area contributed by atoms with E-state index < -0.39 is 22.7 Å². The first-order valence-corrected chi connectivity index (χ1v) is 4.87. The summed E-state index contributed by atoms with van der Waals surface area (Å²) in [5.74, 6) is -1.20. The topological polar surface area (TPSA) is 75.1 Å². The fourth-order valence-corrected chi connectivity index (χ4v) is 1.48. The maximum atomic E-state index is 12.2. The minimum Gasteiger partial charge on any atom is -0.480 e. The highest BCUT2D eigenvalue weighted by Gasteiger charge is 2.36. The lowest BCUT2D eigenvalue weighted by atomic mass is 10.1. The summed E-state index contributed by atoms with van der Waals surface area (Å²) in [6, 6.07) is 0. The van der Waals surface area contributed by atoms with Crippen molar-refractivity contribution < 1.29 is 23.1 Å². The second-order valence-electron chi connectivity index (χ2n) is 3.47. The van der Waals surface area contributed by atoms with Gasteiger partial charge >= 0.3 is 12.1 Å². The van der Waals surface area contributed by atoms with Crippen molar-refractivity contribution in [1.82, 2.24) is 10.2 Å². The predicted molar refractivity (Wildman–Crippen MR) is 50.2 cm³/mol. The summed E-state index contributed by atoms with van der Waals surface area (Å²) < 4.78 is 36.5. The Morgan fingerprint density at radius 3 is 2.31 bits per heavy atom. The third-order valence-electron chi connectivity index (χ3n) is 1.62. The van der Waals surface area contributed by atoms with Crippen molar-refractivity contribution in [2.45, 2.75) is 25.6 Å². The summed E-state index contributed by atoms with van der Waals surface area (Å²) in [5, 5.41) is 15.9. The number of hydrogen-bond donors (Lipinski definition) is 2. The first kappa shape index (κ1) is 12.7. The zero-order valence-electron chi connectivity index (χ0n) is 8.29. The van der Waals surface area contributed by atoms with Gasteiger partial charge in [-0.1, -0.05) is 11.3 Å².